The second-order valence-electron chi connectivity index (χ2n) is 7.32. The maximum Gasteiger partial charge on any atom is 0.100 e. The summed E-state index contributed by atoms with van der Waals surface area (Å²) in [6, 6.07) is 15.9. The van der Waals surface area contributed by atoms with Crippen LogP contribution in [0.4, 0.5) is 5.69 Å². The molecule has 2 aromatic carbocycles. The van der Waals surface area contributed by atoms with E-state index in [9.17, 15) is 4.21 Å². The highest BCUT2D eigenvalue weighted by Gasteiger charge is 2.32. The van der Waals surface area contributed by atoms with Crippen molar-refractivity contribution < 1.29 is 4.21 Å². The molecule has 0 heterocycles. The molecule has 0 aliphatic rings. The van der Waals surface area contributed by atoms with Gasteiger partial charge in [0.2, 0.25) is 0 Å². The first-order valence-corrected chi connectivity index (χ1v) is 9.78. The molecule has 0 aliphatic carbocycles. The highest BCUT2D eigenvalue weighted by molar-refractivity contribution is 7.84. The van der Waals surface area contributed by atoms with Crippen LogP contribution in [0.1, 0.15) is 37.9 Å². The van der Waals surface area contributed by atoms with Gasteiger partial charge in [-0.3, -0.25) is 0 Å². The van der Waals surface area contributed by atoms with E-state index < -0.39 is 11.0 Å². The fourth-order valence-electron chi connectivity index (χ4n) is 2.90. The quantitative estimate of drug-likeness (QED) is 0.739. The molecule has 0 aliphatic heterocycles. The summed E-state index contributed by atoms with van der Waals surface area (Å²) >= 11 is 6.31. The van der Waals surface area contributed by atoms with Crippen molar-refractivity contribution in [1.82, 2.24) is 4.31 Å². The van der Waals surface area contributed by atoms with E-state index in [2.05, 4.69) is 17.0 Å². The topological polar surface area (TPSA) is 23.6 Å². The second-order valence-corrected chi connectivity index (χ2v) is 10.1. The summed E-state index contributed by atoms with van der Waals surface area (Å²) in [5.74, 6) is 0. The minimum Gasteiger partial charge on any atom is -0.377 e. The molecular weight excluding hydrogens is 352 g/mol. The molecule has 0 N–H and O–H groups in total. The van der Waals surface area contributed by atoms with Gasteiger partial charge in [0.15, 0.2) is 0 Å². The van der Waals surface area contributed by atoms with Crippen molar-refractivity contribution in [2.24, 2.45) is 0 Å². The van der Waals surface area contributed by atoms with Crippen LogP contribution in [0.5, 0.6) is 0 Å². The third-order valence-electron chi connectivity index (χ3n) is 4.03. The minimum atomic E-state index is -1.17. The van der Waals surface area contributed by atoms with Crippen LogP contribution in [0.15, 0.2) is 48.5 Å². The van der Waals surface area contributed by atoms with Gasteiger partial charge >= 0.3 is 0 Å². The molecule has 136 valence electrons. The van der Waals surface area contributed by atoms with Crippen LogP contribution in [0.2, 0.25) is 5.02 Å². The second kappa shape index (κ2) is 7.90. The Labute approximate surface area is 159 Å². The van der Waals surface area contributed by atoms with Crippen LogP contribution < -0.4 is 4.90 Å². The molecule has 3 nitrogen and oxygen atoms in total. The van der Waals surface area contributed by atoms with Crippen molar-refractivity contribution >= 4 is 28.3 Å². The van der Waals surface area contributed by atoms with Gasteiger partial charge in [0.1, 0.15) is 11.0 Å². The zero-order chi connectivity index (χ0) is 18.8. The average Bonchev–Trinajstić information content (AvgIpc) is 2.54. The van der Waals surface area contributed by atoms with Gasteiger partial charge in [-0.1, -0.05) is 41.9 Å². The molecule has 5 heteroatoms. The number of nitrogens with zero attached hydrogens (tertiary/aromatic N) is 2. The van der Waals surface area contributed by atoms with Gasteiger partial charge in [0, 0.05) is 31.9 Å². The molecule has 2 rings (SSSR count). The van der Waals surface area contributed by atoms with E-state index >= 15 is 0 Å². The normalized spacial score (nSPS) is 14.4. The third-order valence-corrected chi connectivity index (χ3v) is 6.05. The molecule has 0 aromatic heterocycles. The highest BCUT2D eigenvalue weighted by atomic mass is 35.5. The summed E-state index contributed by atoms with van der Waals surface area (Å²) in [6.45, 7) is 5.98. The van der Waals surface area contributed by atoms with Crippen LogP contribution in [0.3, 0.4) is 0 Å². The van der Waals surface area contributed by atoms with Crippen LogP contribution in [-0.4, -0.2) is 34.4 Å². The van der Waals surface area contributed by atoms with E-state index in [0.717, 1.165) is 16.8 Å². The first-order valence-electron chi connectivity index (χ1n) is 8.29. The maximum atomic E-state index is 13.1. The Morgan fingerprint density at radius 3 is 2.12 bits per heavy atom. The predicted octanol–water partition coefficient (Wildman–Crippen LogP) is 4.89. The summed E-state index contributed by atoms with van der Waals surface area (Å²) in [4.78, 5) is 2.06. The van der Waals surface area contributed by atoms with Gasteiger partial charge in [0.05, 0.1) is 10.8 Å². The zero-order valence-electron chi connectivity index (χ0n) is 15.8. The Kier molecular flexibility index (Phi) is 6.30. The molecule has 0 spiro atoms. The van der Waals surface area contributed by atoms with E-state index in [1.807, 2.05) is 82.6 Å². The maximum absolute atomic E-state index is 13.1. The van der Waals surface area contributed by atoms with Crippen LogP contribution >= 0.6 is 11.6 Å². The number of rotatable bonds is 5. The first kappa shape index (κ1) is 20.0. The summed E-state index contributed by atoms with van der Waals surface area (Å²) in [6.07, 6.45) is 0. The van der Waals surface area contributed by atoms with Gasteiger partial charge in [0.25, 0.3) is 0 Å². The van der Waals surface area contributed by atoms with Gasteiger partial charge in [-0.05, 0) is 50.1 Å². The molecule has 0 unspecified atom stereocenters. The zero-order valence-corrected chi connectivity index (χ0v) is 17.4. The Morgan fingerprint density at radius 1 is 1.00 bits per heavy atom. The van der Waals surface area contributed by atoms with Crippen molar-refractivity contribution in [3.63, 3.8) is 0 Å². The molecule has 0 radical (unpaired) electrons. The fraction of sp³-hybridized carbons (Fsp3) is 0.400. The molecule has 2 aromatic rings. The van der Waals surface area contributed by atoms with E-state index in [0.29, 0.717) is 5.02 Å². The smallest absolute Gasteiger partial charge is 0.100 e. The van der Waals surface area contributed by atoms with Crippen molar-refractivity contribution in [2.75, 3.05) is 26.0 Å². The SMILES string of the molecule is CN(C)c1ccc(Cl)cc1[C@H](c1ccccc1)N(C)[S@](=O)C(C)(C)C. The van der Waals surface area contributed by atoms with Crippen molar-refractivity contribution in [1.29, 1.82) is 0 Å². The molecule has 0 saturated heterocycles. The van der Waals surface area contributed by atoms with Gasteiger partial charge in [-0.25, -0.2) is 8.51 Å². The third kappa shape index (κ3) is 4.63. The van der Waals surface area contributed by atoms with Crippen LogP contribution in [0, 0.1) is 0 Å². The molecule has 0 amide bonds. The standard InChI is InChI=1S/C20H27ClN2OS/c1-20(2,3)25(24)23(6)19(15-10-8-7-9-11-15)17-14-16(21)12-13-18(17)22(4)5/h7-14,19H,1-6H3/t19-,25+/m0/s1. The van der Waals surface area contributed by atoms with Crippen molar-refractivity contribution in [2.45, 2.75) is 31.6 Å². The lowest BCUT2D eigenvalue weighted by atomic mass is 9.97. The van der Waals surface area contributed by atoms with Gasteiger partial charge in [-0.2, -0.15) is 0 Å². The Balaban J connectivity index is 2.65. The van der Waals surface area contributed by atoms with E-state index in [4.69, 9.17) is 11.6 Å². The van der Waals surface area contributed by atoms with E-state index in [1.54, 1.807) is 0 Å². The minimum absolute atomic E-state index is 0.155. The molecular formula is C20H27ClN2OS. The summed E-state index contributed by atoms with van der Waals surface area (Å²) < 4.78 is 14.7. The van der Waals surface area contributed by atoms with Crippen molar-refractivity contribution in [3.05, 3.63) is 64.7 Å². The Hall–Kier alpha value is -1.36. The molecule has 25 heavy (non-hydrogen) atoms. The average molecular weight is 379 g/mol. The number of hydrogen-bond acceptors (Lipinski definition) is 2. The highest BCUT2D eigenvalue weighted by Crippen LogP contribution is 2.37. The van der Waals surface area contributed by atoms with Gasteiger partial charge < -0.3 is 4.90 Å². The summed E-state index contributed by atoms with van der Waals surface area (Å²) in [5.41, 5.74) is 3.20. The number of hydrogen-bond donors (Lipinski definition) is 0. The lowest BCUT2D eigenvalue weighted by Crippen LogP contribution is -2.38. The van der Waals surface area contributed by atoms with E-state index in [1.165, 1.54) is 0 Å². The predicted molar refractivity (Wildman–Crippen MR) is 110 cm³/mol. The van der Waals surface area contributed by atoms with Crippen LogP contribution in [-0.2, 0) is 11.0 Å². The Morgan fingerprint density at radius 2 is 1.60 bits per heavy atom. The summed E-state index contributed by atoms with van der Waals surface area (Å²) in [5, 5.41) is 0.677. The van der Waals surface area contributed by atoms with Crippen molar-refractivity contribution in [3.8, 4) is 0 Å². The fourth-order valence-corrected chi connectivity index (χ4v) is 4.37. The number of anilines is 1. The monoisotopic (exact) mass is 378 g/mol. The largest absolute Gasteiger partial charge is 0.377 e. The number of benzene rings is 2. The van der Waals surface area contributed by atoms with Gasteiger partial charge in [-0.15, -0.1) is 0 Å². The lowest BCUT2D eigenvalue weighted by molar-refractivity contribution is 0.440. The molecule has 0 bridgehead atoms. The molecule has 0 saturated carbocycles. The lowest BCUT2D eigenvalue weighted by Gasteiger charge is -2.34. The summed E-state index contributed by atoms with van der Waals surface area (Å²) in [7, 11) is 4.77. The number of halogens is 1. The van der Waals surface area contributed by atoms with Crippen LogP contribution in [0.25, 0.3) is 0 Å². The Bertz CT molecular complexity index is 741. The first-order chi connectivity index (χ1) is 11.6. The molecule has 0 fully saturated rings. The molecule has 2 atom stereocenters. The van der Waals surface area contributed by atoms with E-state index in [-0.39, 0.29) is 10.8 Å².